The zero-order chi connectivity index (χ0) is 14.5. The van der Waals surface area contributed by atoms with E-state index in [0.717, 1.165) is 25.7 Å². The van der Waals surface area contributed by atoms with Crippen LogP contribution in [0.25, 0.3) is 0 Å². The second kappa shape index (κ2) is 6.84. The Hall–Kier alpha value is -1.42. The number of benzene rings is 1. The van der Waals surface area contributed by atoms with E-state index in [2.05, 4.69) is 0 Å². The van der Waals surface area contributed by atoms with Gasteiger partial charge in [-0.15, -0.1) is 0 Å². The lowest BCUT2D eigenvalue weighted by atomic mass is 9.82. The minimum atomic E-state index is -0.508. The van der Waals surface area contributed by atoms with Crippen LogP contribution in [0.5, 0.6) is 5.75 Å². The monoisotopic (exact) mass is 280 g/mol. The summed E-state index contributed by atoms with van der Waals surface area (Å²) in [7, 11) is 3.02. The summed E-state index contributed by atoms with van der Waals surface area (Å²) in [4.78, 5) is 12.6. The minimum absolute atomic E-state index is 0.184. The Morgan fingerprint density at radius 2 is 1.95 bits per heavy atom. The first-order chi connectivity index (χ1) is 9.67. The van der Waals surface area contributed by atoms with Gasteiger partial charge in [-0.25, -0.2) is 4.39 Å². The quantitative estimate of drug-likeness (QED) is 0.773. The molecule has 0 bridgehead atoms. The normalized spacial score (nSPS) is 17.8. The molecule has 1 unspecified atom stereocenters. The molecule has 0 N–H and O–H groups in total. The van der Waals surface area contributed by atoms with Crippen molar-refractivity contribution in [2.75, 3.05) is 14.2 Å². The van der Waals surface area contributed by atoms with Crippen molar-refractivity contribution < 1.29 is 18.7 Å². The maximum atomic E-state index is 13.4. The molecule has 1 aromatic carbocycles. The van der Waals surface area contributed by atoms with Crippen molar-refractivity contribution in [1.29, 1.82) is 0 Å². The molecule has 0 heterocycles. The highest BCUT2D eigenvalue weighted by Gasteiger charge is 2.31. The molecule has 0 aromatic heterocycles. The fourth-order valence-electron chi connectivity index (χ4n) is 2.98. The van der Waals surface area contributed by atoms with Crippen LogP contribution in [-0.2, 0) is 4.74 Å². The Balaban J connectivity index is 2.25. The number of Topliss-reactive ketones (excluding diaryl/α,β-unsaturated/α-hetero) is 1. The summed E-state index contributed by atoms with van der Waals surface area (Å²) < 4.78 is 24.0. The number of ketones is 1. The zero-order valence-corrected chi connectivity index (χ0v) is 12.0. The van der Waals surface area contributed by atoms with E-state index in [9.17, 15) is 9.18 Å². The number of hydrogen-bond donors (Lipinski definition) is 0. The highest BCUT2D eigenvalue weighted by Crippen LogP contribution is 2.31. The molecule has 0 amide bonds. The summed E-state index contributed by atoms with van der Waals surface area (Å²) in [5.41, 5.74) is 0.268. The van der Waals surface area contributed by atoms with E-state index in [0.29, 0.717) is 5.75 Å². The Kier molecular flexibility index (Phi) is 5.12. The van der Waals surface area contributed by atoms with Crippen LogP contribution in [0.15, 0.2) is 18.2 Å². The van der Waals surface area contributed by atoms with E-state index in [4.69, 9.17) is 9.47 Å². The van der Waals surface area contributed by atoms with Crippen molar-refractivity contribution in [3.05, 3.63) is 29.6 Å². The van der Waals surface area contributed by atoms with Crippen molar-refractivity contribution in [3.8, 4) is 5.75 Å². The van der Waals surface area contributed by atoms with E-state index >= 15 is 0 Å². The van der Waals surface area contributed by atoms with Crippen LogP contribution in [0.2, 0.25) is 0 Å². The highest BCUT2D eigenvalue weighted by molar-refractivity contribution is 6.02. The van der Waals surface area contributed by atoms with Crippen molar-refractivity contribution in [2.45, 2.75) is 38.2 Å². The maximum absolute atomic E-state index is 13.4. The molecule has 3 nitrogen and oxygen atoms in total. The van der Waals surface area contributed by atoms with Crippen molar-refractivity contribution in [1.82, 2.24) is 0 Å². The first-order valence-electron chi connectivity index (χ1n) is 7.08. The van der Waals surface area contributed by atoms with Gasteiger partial charge < -0.3 is 9.47 Å². The molecular weight excluding hydrogens is 259 g/mol. The zero-order valence-electron chi connectivity index (χ0n) is 12.0. The van der Waals surface area contributed by atoms with Gasteiger partial charge in [-0.1, -0.05) is 19.3 Å². The molecule has 0 saturated heterocycles. The smallest absolute Gasteiger partial charge is 0.195 e. The van der Waals surface area contributed by atoms with Crippen molar-refractivity contribution in [3.63, 3.8) is 0 Å². The number of ether oxygens (including phenoxy) is 2. The Bertz CT molecular complexity index is 467. The third kappa shape index (κ3) is 3.18. The fourth-order valence-corrected chi connectivity index (χ4v) is 2.98. The molecular formula is C16H21FO3. The molecule has 20 heavy (non-hydrogen) atoms. The molecule has 110 valence electrons. The van der Waals surface area contributed by atoms with Crippen LogP contribution >= 0.6 is 0 Å². The van der Waals surface area contributed by atoms with Gasteiger partial charge in [0.25, 0.3) is 0 Å². The first kappa shape index (κ1) is 15.0. The molecule has 1 atom stereocenters. The van der Waals surface area contributed by atoms with Gasteiger partial charge >= 0.3 is 0 Å². The first-order valence-corrected chi connectivity index (χ1v) is 7.08. The summed E-state index contributed by atoms with van der Waals surface area (Å²) in [6, 6.07) is 4.00. The molecule has 1 aromatic rings. The number of methoxy groups -OCH3 is 2. The van der Waals surface area contributed by atoms with Gasteiger partial charge in [-0.05, 0) is 37.0 Å². The van der Waals surface area contributed by atoms with Gasteiger partial charge in [-0.3, -0.25) is 4.79 Å². The fraction of sp³-hybridized carbons (Fsp3) is 0.562. The third-order valence-electron chi connectivity index (χ3n) is 4.02. The molecule has 2 rings (SSSR count). The molecule has 1 aliphatic carbocycles. The van der Waals surface area contributed by atoms with Gasteiger partial charge in [0.1, 0.15) is 17.7 Å². The predicted octanol–water partition coefficient (Wildman–Crippen LogP) is 3.61. The lowest BCUT2D eigenvalue weighted by Crippen LogP contribution is -2.33. The van der Waals surface area contributed by atoms with Crippen LogP contribution in [0.4, 0.5) is 4.39 Å². The van der Waals surface area contributed by atoms with E-state index in [-0.39, 0.29) is 17.3 Å². The Morgan fingerprint density at radius 3 is 2.55 bits per heavy atom. The van der Waals surface area contributed by atoms with Crippen LogP contribution in [-0.4, -0.2) is 26.1 Å². The van der Waals surface area contributed by atoms with Crippen LogP contribution in [0, 0.1) is 11.7 Å². The standard InChI is InChI=1S/C16H21FO3/c1-19-14-9-8-12(17)10-13(14)15(18)16(20-2)11-6-4-3-5-7-11/h8-11,16H,3-7H2,1-2H3. The van der Waals surface area contributed by atoms with Crippen molar-refractivity contribution >= 4 is 5.78 Å². The largest absolute Gasteiger partial charge is 0.496 e. The van der Waals surface area contributed by atoms with Gasteiger partial charge in [0.05, 0.1) is 12.7 Å². The summed E-state index contributed by atoms with van der Waals surface area (Å²) in [5.74, 6) is -0.00752. The molecule has 1 aliphatic rings. The van der Waals surface area contributed by atoms with Crippen LogP contribution in [0.3, 0.4) is 0 Å². The second-order valence-corrected chi connectivity index (χ2v) is 5.26. The average molecular weight is 280 g/mol. The predicted molar refractivity (Wildman–Crippen MR) is 74.7 cm³/mol. The summed E-state index contributed by atoms with van der Waals surface area (Å²) in [5, 5.41) is 0. The third-order valence-corrected chi connectivity index (χ3v) is 4.02. The highest BCUT2D eigenvalue weighted by atomic mass is 19.1. The number of carbonyl (C=O) groups excluding carboxylic acids is 1. The number of carbonyl (C=O) groups is 1. The summed E-state index contributed by atoms with van der Waals surface area (Å²) >= 11 is 0. The van der Waals surface area contributed by atoms with Crippen LogP contribution < -0.4 is 4.74 Å². The summed E-state index contributed by atoms with van der Waals surface area (Å²) in [6.07, 6.45) is 4.93. The molecule has 1 fully saturated rings. The second-order valence-electron chi connectivity index (χ2n) is 5.26. The van der Waals surface area contributed by atoms with E-state index in [1.807, 2.05) is 0 Å². The molecule has 0 radical (unpaired) electrons. The van der Waals surface area contributed by atoms with Gasteiger partial charge in [0, 0.05) is 7.11 Å². The molecule has 0 aliphatic heterocycles. The lowest BCUT2D eigenvalue weighted by molar-refractivity contribution is 0.0311. The van der Waals surface area contributed by atoms with Gasteiger partial charge in [0.15, 0.2) is 5.78 Å². The SMILES string of the molecule is COc1ccc(F)cc1C(=O)C(OC)C1CCCCC1. The van der Waals surface area contributed by atoms with E-state index < -0.39 is 11.9 Å². The molecule has 0 spiro atoms. The van der Waals surface area contributed by atoms with Gasteiger partial charge in [-0.2, -0.15) is 0 Å². The number of hydrogen-bond acceptors (Lipinski definition) is 3. The summed E-state index contributed by atoms with van der Waals surface area (Å²) in [6.45, 7) is 0. The average Bonchev–Trinajstić information content (AvgIpc) is 2.49. The Labute approximate surface area is 119 Å². The van der Waals surface area contributed by atoms with E-state index in [1.54, 1.807) is 7.11 Å². The maximum Gasteiger partial charge on any atom is 0.195 e. The topological polar surface area (TPSA) is 35.5 Å². The van der Waals surface area contributed by atoms with Gasteiger partial charge in [0.2, 0.25) is 0 Å². The number of halogens is 1. The number of rotatable bonds is 5. The lowest BCUT2D eigenvalue weighted by Gasteiger charge is -2.28. The Morgan fingerprint density at radius 1 is 1.25 bits per heavy atom. The van der Waals surface area contributed by atoms with Crippen molar-refractivity contribution in [2.24, 2.45) is 5.92 Å². The van der Waals surface area contributed by atoms with Crippen LogP contribution in [0.1, 0.15) is 42.5 Å². The molecule has 1 saturated carbocycles. The molecule has 4 heteroatoms. The van der Waals surface area contributed by atoms with E-state index in [1.165, 1.54) is 31.7 Å². The minimum Gasteiger partial charge on any atom is -0.496 e.